The second-order valence-corrected chi connectivity index (χ2v) is 6.47. The molecule has 3 amide bonds. The van der Waals surface area contributed by atoms with Crippen molar-refractivity contribution in [1.29, 1.82) is 0 Å². The lowest BCUT2D eigenvalue weighted by molar-refractivity contribution is 0.0996. The summed E-state index contributed by atoms with van der Waals surface area (Å²) < 4.78 is 5.09. The van der Waals surface area contributed by atoms with Crippen molar-refractivity contribution < 1.29 is 14.0 Å². The van der Waals surface area contributed by atoms with E-state index in [-0.39, 0.29) is 17.7 Å². The maximum absolute atomic E-state index is 12.3. The van der Waals surface area contributed by atoms with E-state index in [0.717, 1.165) is 22.0 Å². The number of hydrogen-bond acceptors (Lipinski definition) is 3. The SMILES string of the molecule is O=C(NCc1cccc(NC(=O)c2ccco2)c1)Nc1cccc2ccccc12. The largest absolute Gasteiger partial charge is 0.459 e. The number of benzene rings is 3. The quantitative estimate of drug-likeness (QED) is 0.452. The summed E-state index contributed by atoms with van der Waals surface area (Å²) >= 11 is 0. The van der Waals surface area contributed by atoms with Crippen LogP contribution in [-0.4, -0.2) is 11.9 Å². The smallest absolute Gasteiger partial charge is 0.319 e. The van der Waals surface area contributed by atoms with Gasteiger partial charge in [0.1, 0.15) is 0 Å². The van der Waals surface area contributed by atoms with Crippen LogP contribution in [0.1, 0.15) is 16.1 Å². The van der Waals surface area contributed by atoms with E-state index in [0.29, 0.717) is 12.2 Å². The number of hydrogen-bond donors (Lipinski definition) is 3. The van der Waals surface area contributed by atoms with Gasteiger partial charge < -0.3 is 20.4 Å². The molecule has 29 heavy (non-hydrogen) atoms. The average Bonchev–Trinajstić information content (AvgIpc) is 3.28. The summed E-state index contributed by atoms with van der Waals surface area (Å²) in [6.07, 6.45) is 1.45. The van der Waals surface area contributed by atoms with Crippen molar-refractivity contribution >= 4 is 34.1 Å². The van der Waals surface area contributed by atoms with Crippen LogP contribution in [0.15, 0.2) is 89.5 Å². The van der Waals surface area contributed by atoms with E-state index in [9.17, 15) is 9.59 Å². The first-order valence-corrected chi connectivity index (χ1v) is 9.15. The predicted octanol–water partition coefficient (Wildman–Crippen LogP) is 5.01. The maximum Gasteiger partial charge on any atom is 0.319 e. The van der Waals surface area contributed by atoms with Crippen LogP contribution in [0.2, 0.25) is 0 Å². The van der Waals surface area contributed by atoms with Crippen LogP contribution in [0, 0.1) is 0 Å². The minimum Gasteiger partial charge on any atom is -0.459 e. The lowest BCUT2D eigenvalue weighted by Gasteiger charge is -2.11. The Hall–Kier alpha value is -4.06. The van der Waals surface area contributed by atoms with Gasteiger partial charge in [-0.2, -0.15) is 0 Å². The summed E-state index contributed by atoms with van der Waals surface area (Å²) in [4.78, 5) is 24.4. The molecule has 1 aromatic heterocycles. The van der Waals surface area contributed by atoms with Crippen LogP contribution >= 0.6 is 0 Å². The number of anilines is 2. The van der Waals surface area contributed by atoms with Gasteiger partial charge >= 0.3 is 6.03 Å². The van der Waals surface area contributed by atoms with Crippen molar-refractivity contribution in [2.24, 2.45) is 0 Å². The number of urea groups is 1. The molecule has 3 aromatic carbocycles. The fraction of sp³-hybridized carbons (Fsp3) is 0.0435. The third kappa shape index (κ3) is 4.44. The monoisotopic (exact) mass is 385 g/mol. The average molecular weight is 385 g/mol. The van der Waals surface area contributed by atoms with E-state index in [4.69, 9.17) is 4.42 Å². The third-order valence-electron chi connectivity index (χ3n) is 4.42. The molecule has 0 unspecified atom stereocenters. The van der Waals surface area contributed by atoms with Crippen molar-refractivity contribution in [2.45, 2.75) is 6.54 Å². The number of carbonyl (C=O) groups is 2. The molecule has 0 bridgehead atoms. The zero-order valence-corrected chi connectivity index (χ0v) is 15.5. The first-order chi connectivity index (χ1) is 14.2. The Labute approximate surface area is 167 Å². The van der Waals surface area contributed by atoms with E-state index >= 15 is 0 Å². The molecule has 0 atom stereocenters. The fourth-order valence-corrected chi connectivity index (χ4v) is 3.04. The highest BCUT2D eigenvalue weighted by Crippen LogP contribution is 2.22. The molecule has 0 radical (unpaired) electrons. The minimum atomic E-state index is -0.325. The molecule has 144 valence electrons. The van der Waals surface area contributed by atoms with Gasteiger partial charge in [-0.15, -0.1) is 0 Å². The molecule has 0 aliphatic rings. The lowest BCUT2D eigenvalue weighted by Crippen LogP contribution is -2.28. The van der Waals surface area contributed by atoms with Crippen molar-refractivity contribution in [2.75, 3.05) is 10.6 Å². The van der Waals surface area contributed by atoms with Crippen LogP contribution in [0.5, 0.6) is 0 Å². The summed E-state index contributed by atoms with van der Waals surface area (Å²) in [7, 11) is 0. The highest BCUT2D eigenvalue weighted by molar-refractivity contribution is 6.02. The molecular weight excluding hydrogens is 366 g/mol. The first-order valence-electron chi connectivity index (χ1n) is 9.15. The Morgan fingerprint density at radius 3 is 2.52 bits per heavy atom. The Kier molecular flexibility index (Phi) is 5.25. The Balaban J connectivity index is 1.37. The van der Waals surface area contributed by atoms with E-state index < -0.39 is 0 Å². The highest BCUT2D eigenvalue weighted by Gasteiger charge is 2.09. The van der Waals surface area contributed by atoms with Gasteiger partial charge in [0.2, 0.25) is 0 Å². The molecule has 6 heteroatoms. The lowest BCUT2D eigenvalue weighted by atomic mass is 10.1. The number of rotatable bonds is 5. The van der Waals surface area contributed by atoms with E-state index in [2.05, 4.69) is 16.0 Å². The van der Waals surface area contributed by atoms with Gasteiger partial charge in [0.25, 0.3) is 5.91 Å². The molecule has 4 aromatic rings. The molecule has 0 saturated heterocycles. The molecule has 0 aliphatic heterocycles. The van der Waals surface area contributed by atoms with Crippen molar-refractivity contribution in [3.05, 3.63) is 96.4 Å². The zero-order chi connectivity index (χ0) is 20.1. The topological polar surface area (TPSA) is 83.4 Å². The first kappa shape index (κ1) is 18.3. The molecule has 0 saturated carbocycles. The summed E-state index contributed by atoms with van der Waals surface area (Å²) in [5.41, 5.74) is 2.23. The Bertz CT molecular complexity index is 1150. The Morgan fingerprint density at radius 2 is 1.66 bits per heavy atom. The van der Waals surface area contributed by atoms with Crippen molar-refractivity contribution in [3.8, 4) is 0 Å². The van der Waals surface area contributed by atoms with Gasteiger partial charge in [0, 0.05) is 17.6 Å². The molecule has 4 rings (SSSR count). The van der Waals surface area contributed by atoms with E-state index in [1.807, 2.05) is 54.6 Å². The summed E-state index contributed by atoms with van der Waals surface area (Å²) in [5, 5.41) is 10.5. The van der Waals surface area contributed by atoms with Crippen LogP contribution < -0.4 is 16.0 Å². The normalized spacial score (nSPS) is 10.5. The van der Waals surface area contributed by atoms with Gasteiger partial charge in [-0.3, -0.25) is 4.79 Å². The van der Waals surface area contributed by atoms with Gasteiger partial charge in [-0.05, 0) is 41.3 Å². The van der Waals surface area contributed by atoms with Gasteiger partial charge in [0.15, 0.2) is 5.76 Å². The number of amides is 3. The fourth-order valence-electron chi connectivity index (χ4n) is 3.04. The van der Waals surface area contributed by atoms with Crippen LogP contribution in [-0.2, 0) is 6.54 Å². The molecule has 0 fully saturated rings. The van der Waals surface area contributed by atoms with Crippen LogP contribution in [0.25, 0.3) is 10.8 Å². The number of carbonyl (C=O) groups excluding carboxylic acids is 2. The second kappa shape index (κ2) is 8.31. The van der Waals surface area contributed by atoms with Crippen LogP contribution in [0.3, 0.4) is 0 Å². The van der Waals surface area contributed by atoms with Gasteiger partial charge in [0.05, 0.1) is 12.0 Å². The van der Waals surface area contributed by atoms with Crippen molar-refractivity contribution in [3.63, 3.8) is 0 Å². The molecular formula is C23H19N3O3. The number of fused-ring (bicyclic) bond motifs is 1. The molecule has 1 heterocycles. The highest BCUT2D eigenvalue weighted by atomic mass is 16.3. The maximum atomic E-state index is 12.3. The van der Waals surface area contributed by atoms with E-state index in [1.54, 1.807) is 24.3 Å². The third-order valence-corrected chi connectivity index (χ3v) is 4.42. The number of nitrogens with one attached hydrogen (secondary N) is 3. The van der Waals surface area contributed by atoms with Crippen LogP contribution in [0.4, 0.5) is 16.2 Å². The standard InChI is InChI=1S/C23H19N3O3/c27-22(21-12-5-13-29-21)25-18-9-3-6-16(14-18)15-24-23(28)26-20-11-4-8-17-7-1-2-10-19(17)20/h1-14H,15H2,(H,25,27)(H2,24,26,28). The van der Waals surface area contributed by atoms with Gasteiger partial charge in [-0.1, -0.05) is 48.5 Å². The Morgan fingerprint density at radius 1 is 0.828 bits per heavy atom. The van der Waals surface area contributed by atoms with Gasteiger partial charge in [-0.25, -0.2) is 4.79 Å². The van der Waals surface area contributed by atoms with E-state index in [1.165, 1.54) is 6.26 Å². The number of furan rings is 1. The molecule has 0 spiro atoms. The summed E-state index contributed by atoms with van der Waals surface area (Å²) in [6.45, 7) is 0.320. The molecule has 3 N–H and O–H groups in total. The minimum absolute atomic E-state index is 0.239. The molecule has 0 aliphatic carbocycles. The second-order valence-electron chi connectivity index (χ2n) is 6.47. The molecule has 6 nitrogen and oxygen atoms in total. The summed E-state index contributed by atoms with van der Waals surface area (Å²) in [6, 6.07) is 23.9. The zero-order valence-electron chi connectivity index (χ0n) is 15.5. The summed E-state index contributed by atoms with van der Waals surface area (Å²) in [5.74, 6) is -0.0863. The van der Waals surface area contributed by atoms with Crippen molar-refractivity contribution in [1.82, 2.24) is 5.32 Å². The predicted molar refractivity (Wildman–Crippen MR) is 113 cm³/mol.